The summed E-state index contributed by atoms with van der Waals surface area (Å²) < 4.78 is 46.7. The number of carbonyl (C=O) groups is 1. The van der Waals surface area contributed by atoms with Gasteiger partial charge in [-0.2, -0.15) is 0 Å². The van der Waals surface area contributed by atoms with Gasteiger partial charge in [-0.1, -0.05) is 18.2 Å². The van der Waals surface area contributed by atoms with Crippen LogP contribution in [-0.2, 0) is 11.3 Å². The van der Waals surface area contributed by atoms with Crippen LogP contribution in [0.5, 0.6) is 11.5 Å². The lowest BCUT2D eigenvalue weighted by Crippen LogP contribution is -2.37. The molecule has 4 aromatic rings. The monoisotopic (exact) mass is 464 g/mol. The quantitative estimate of drug-likeness (QED) is 0.381. The Morgan fingerprint density at radius 2 is 2.00 bits per heavy atom. The molecule has 2 aromatic heterocycles. The zero-order valence-electron chi connectivity index (χ0n) is 22.6. The number of methoxy groups -OCH3 is 1. The second-order valence-corrected chi connectivity index (χ2v) is 7.81. The number of aromatic nitrogens is 3. The van der Waals surface area contributed by atoms with Crippen molar-refractivity contribution in [3.8, 4) is 17.2 Å². The highest BCUT2D eigenvalue weighted by Crippen LogP contribution is 2.35. The molecule has 1 aliphatic heterocycles. The van der Waals surface area contributed by atoms with Gasteiger partial charge in [0.1, 0.15) is 11.6 Å². The van der Waals surface area contributed by atoms with Gasteiger partial charge in [0.25, 0.3) is 5.91 Å². The van der Waals surface area contributed by atoms with Crippen molar-refractivity contribution in [2.24, 2.45) is 0 Å². The molecule has 5 rings (SSSR count). The largest absolute Gasteiger partial charge is 0.495 e. The van der Waals surface area contributed by atoms with Crippen LogP contribution in [0.1, 0.15) is 22.8 Å². The molecule has 1 aliphatic rings. The maximum atomic E-state index is 13.4. The fraction of sp³-hybridized carbons (Fsp3) is 0.115. The Bertz CT molecular complexity index is 1410. The van der Waals surface area contributed by atoms with Crippen LogP contribution >= 0.6 is 0 Å². The lowest BCUT2D eigenvalue weighted by molar-refractivity contribution is -0.117. The number of rotatable bonds is 5. The summed E-state index contributed by atoms with van der Waals surface area (Å²) in [5.74, 6) is 0.977. The van der Waals surface area contributed by atoms with Gasteiger partial charge in [-0.3, -0.25) is 9.69 Å². The van der Waals surface area contributed by atoms with Crippen molar-refractivity contribution in [2.45, 2.75) is 13.5 Å². The number of carbonyl (C=O) groups excluding carboxylic acids is 1. The van der Waals surface area contributed by atoms with E-state index in [1.807, 2.05) is 35.9 Å². The lowest BCUT2D eigenvalue weighted by Gasteiger charge is -2.29. The molecule has 0 atom stereocenters. The van der Waals surface area contributed by atoms with Crippen molar-refractivity contribution < 1.29 is 24.6 Å². The molecule has 1 amide bonds. The number of benzene rings is 2. The van der Waals surface area contributed by atoms with E-state index in [4.69, 9.17) is 15.4 Å². The summed E-state index contributed by atoms with van der Waals surface area (Å²) in [6.45, 7) is 2.14. The van der Waals surface area contributed by atoms with E-state index in [0.717, 1.165) is 22.5 Å². The zero-order chi connectivity index (χ0) is 27.7. The minimum atomic E-state index is -0.344. The number of amides is 1. The molecule has 0 saturated carbocycles. The van der Waals surface area contributed by atoms with E-state index >= 15 is 0 Å². The van der Waals surface area contributed by atoms with Crippen molar-refractivity contribution in [3.63, 3.8) is 0 Å². The Morgan fingerprint density at radius 3 is 2.74 bits per heavy atom. The molecular formula is C26H25FN4O3. The third-order valence-corrected chi connectivity index (χ3v) is 5.43. The van der Waals surface area contributed by atoms with Gasteiger partial charge in [0.15, 0.2) is 17.3 Å². The maximum Gasteiger partial charge on any atom is 0.295 e. The Labute approximate surface area is 201 Å². The highest BCUT2D eigenvalue weighted by molar-refractivity contribution is 6.09. The Morgan fingerprint density at radius 1 is 1.18 bits per heavy atom. The number of nitrogens with zero attached hydrogens (tertiary/aromatic N) is 4. The Hall–Kier alpha value is -4.46. The molecule has 7 nitrogen and oxygen atoms in total. The topological polar surface area (TPSA) is 69.5 Å². The predicted octanol–water partition coefficient (Wildman–Crippen LogP) is 5.18. The third kappa shape index (κ3) is 4.13. The van der Waals surface area contributed by atoms with E-state index in [0.29, 0.717) is 17.3 Å². The molecule has 0 radical (unpaired) electrons. The van der Waals surface area contributed by atoms with Gasteiger partial charge in [0.2, 0.25) is 0 Å². The van der Waals surface area contributed by atoms with Crippen LogP contribution in [0.15, 0.2) is 79.1 Å². The van der Waals surface area contributed by atoms with E-state index in [1.54, 1.807) is 50.0 Å². The molecule has 0 unspecified atom stereocenters. The zero-order valence-corrected chi connectivity index (χ0v) is 18.6. The minimum Gasteiger partial charge on any atom is -0.495 e. The summed E-state index contributed by atoms with van der Waals surface area (Å²) in [5.41, 5.74) is 3.22. The van der Waals surface area contributed by atoms with Gasteiger partial charge < -0.3 is 14.0 Å². The average molecular weight is 465 g/mol. The number of pyridine rings is 1. The number of hydrogen-bond acceptors (Lipinski definition) is 5. The van der Waals surface area contributed by atoms with Crippen LogP contribution < -0.4 is 14.4 Å². The normalized spacial score (nSPS) is 14.6. The van der Waals surface area contributed by atoms with Gasteiger partial charge in [-0.05, 0) is 60.5 Å². The second-order valence-electron chi connectivity index (χ2n) is 7.81. The molecule has 2 aromatic carbocycles. The van der Waals surface area contributed by atoms with Crippen LogP contribution in [0, 0.1) is 12.7 Å². The molecular weight excluding hydrogens is 435 g/mol. The average Bonchev–Trinajstić information content (AvgIpc) is 3.40. The Balaban J connectivity index is 0.000000956. The molecule has 3 heterocycles. The van der Waals surface area contributed by atoms with E-state index < -0.39 is 0 Å². The van der Waals surface area contributed by atoms with Crippen LogP contribution in [0.25, 0.3) is 11.8 Å². The first-order valence-electron chi connectivity index (χ1n) is 12.6. The van der Waals surface area contributed by atoms with Gasteiger partial charge in [-0.15, -0.1) is 0 Å². The minimum absolute atomic E-state index is 0.149. The van der Waals surface area contributed by atoms with Crippen LogP contribution in [0.3, 0.4) is 0 Å². The molecule has 0 aliphatic carbocycles. The summed E-state index contributed by atoms with van der Waals surface area (Å²) in [6, 6.07) is 15.1. The number of ether oxygens (including phenoxy) is 2. The fourth-order valence-electron chi connectivity index (χ4n) is 3.77. The van der Waals surface area contributed by atoms with Crippen molar-refractivity contribution in [1.82, 2.24) is 14.5 Å². The summed E-state index contributed by atoms with van der Waals surface area (Å²) in [6.07, 6.45) is 6.89. The van der Waals surface area contributed by atoms with Gasteiger partial charge in [-0.25, -0.2) is 14.4 Å². The summed E-state index contributed by atoms with van der Waals surface area (Å²) in [4.78, 5) is 23.5. The standard InChI is InChI=1S/C26H21FN4O3.2H2/c1-17-14-30(16-29-17)21-10-7-19(12-23(21)33-2)13-24-26(32)31(15-18-5-8-20(27)9-6-18)25-22(34-24)4-3-11-28-25;;/h3-14,16H,15H2,1-2H3;2*1H/b24-13-;;/i;2*1+1D. The van der Waals surface area contributed by atoms with Crippen LogP contribution in [0.2, 0.25) is 0 Å². The first-order valence-corrected chi connectivity index (χ1v) is 10.6. The Kier molecular flexibility index (Phi) is 4.94. The van der Waals surface area contributed by atoms with Crippen molar-refractivity contribution in [2.75, 3.05) is 12.0 Å². The molecule has 174 valence electrons. The third-order valence-electron chi connectivity index (χ3n) is 5.43. The summed E-state index contributed by atoms with van der Waals surface area (Å²) in [7, 11) is 1.59. The molecule has 0 spiro atoms. The van der Waals surface area contributed by atoms with Crippen LogP contribution in [-0.4, -0.2) is 27.6 Å². The summed E-state index contributed by atoms with van der Waals surface area (Å²) in [5, 5.41) is 0. The van der Waals surface area contributed by atoms with Gasteiger partial charge >= 0.3 is 0 Å². The van der Waals surface area contributed by atoms with Gasteiger partial charge in [0.05, 0.1) is 31.4 Å². The van der Waals surface area contributed by atoms with Gasteiger partial charge in [0, 0.05) is 18.3 Å². The molecule has 8 heteroatoms. The molecule has 34 heavy (non-hydrogen) atoms. The first kappa shape index (κ1) is 19.0. The second kappa shape index (κ2) is 8.82. The van der Waals surface area contributed by atoms with Crippen molar-refractivity contribution in [1.29, 1.82) is 0 Å². The SMILES string of the molecule is COc1cc(/C=C2\Oc3cccnc3N(Cc3ccc(F)cc3)C2=O)ccc1-n1cnc(C)c1.[2H][2H].[2H][2H]. The van der Waals surface area contributed by atoms with E-state index in [9.17, 15) is 9.18 Å². The number of fused-ring (bicyclic) bond motifs is 1. The molecule has 0 N–H and O–H groups in total. The maximum absolute atomic E-state index is 13.4. The summed E-state index contributed by atoms with van der Waals surface area (Å²) >= 11 is 0. The number of imidazole rings is 1. The molecule has 0 bridgehead atoms. The van der Waals surface area contributed by atoms with Crippen LogP contribution in [0.4, 0.5) is 10.2 Å². The van der Waals surface area contributed by atoms with Crippen molar-refractivity contribution in [3.05, 3.63) is 102 Å². The smallest absolute Gasteiger partial charge is 0.295 e. The predicted molar refractivity (Wildman–Crippen MR) is 130 cm³/mol. The molecule has 0 saturated heterocycles. The number of hydrogen-bond donors (Lipinski definition) is 0. The number of aryl methyl sites for hydroxylation is 1. The fourth-order valence-corrected chi connectivity index (χ4v) is 3.77. The first-order chi connectivity index (χ1) is 18.5. The van der Waals surface area contributed by atoms with E-state index in [1.165, 1.54) is 17.0 Å². The van der Waals surface area contributed by atoms with E-state index in [-0.39, 0.29) is 24.0 Å². The lowest BCUT2D eigenvalue weighted by atomic mass is 10.1. The van der Waals surface area contributed by atoms with Crippen molar-refractivity contribution >= 4 is 17.8 Å². The highest BCUT2D eigenvalue weighted by atomic mass is 19.1. The molecule has 0 fully saturated rings. The number of anilines is 1. The highest BCUT2D eigenvalue weighted by Gasteiger charge is 2.31. The number of halogens is 1. The van der Waals surface area contributed by atoms with E-state index in [2.05, 4.69) is 9.97 Å².